The van der Waals surface area contributed by atoms with Crippen LogP contribution in [-0.2, 0) is 5.41 Å². The summed E-state index contributed by atoms with van der Waals surface area (Å²) in [7, 11) is 0. The zero-order valence-electron chi connectivity index (χ0n) is 24.4. The van der Waals surface area contributed by atoms with Gasteiger partial charge in [0.25, 0.3) is 0 Å². The molecule has 0 spiro atoms. The largest absolute Gasteiger partial charge is 0.309 e. The summed E-state index contributed by atoms with van der Waals surface area (Å²) in [5.74, 6) is 0. The van der Waals surface area contributed by atoms with Gasteiger partial charge in [0.2, 0.25) is 0 Å². The Balaban J connectivity index is 1.34. The van der Waals surface area contributed by atoms with Crippen LogP contribution in [0, 0.1) is 0 Å². The van der Waals surface area contributed by atoms with Gasteiger partial charge in [-0.15, -0.1) is 11.3 Å². The van der Waals surface area contributed by atoms with E-state index in [-0.39, 0.29) is 0 Å². The SMILES string of the molecule is c1ccc(C2(c3cccc(-c4cccc5c4sc4ccccc45)c3)c3ccccc3-n3c4ccccc4c4cccc2c43)cc1. The molecule has 0 saturated heterocycles. The van der Waals surface area contributed by atoms with E-state index in [0.717, 1.165) is 0 Å². The Morgan fingerprint density at radius 2 is 1.13 bits per heavy atom. The van der Waals surface area contributed by atoms with Crippen LogP contribution in [0.15, 0.2) is 164 Å². The Kier molecular flexibility index (Phi) is 5.14. The van der Waals surface area contributed by atoms with Crippen LogP contribution < -0.4 is 0 Å². The highest BCUT2D eigenvalue weighted by molar-refractivity contribution is 7.26. The van der Waals surface area contributed by atoms with Crippen molar-refractivity contribution in [1.29, 1.82) is 0 Å². The van der Waals surface area contributed by atoms with Crippen molar-refractivity contribution in [2.45, 2.75) is 5.41 Å². The molecular formula is C43H27NS. The van der Waals surface area contributed by atoms with Crippen molar-refractivity contribution in [3.05, 3.63) is 186 Å². The lowest BCUT2D eigenvalue weighted by Crippen LogP contribution is -2.35. The molecule has 0 amide bonds. The van der Waals surface area contributed by atoms with Gasteiger partial charge in [-0.05, 0) is 57.6 Å². The highest BCUT2D eigenvalue weighted by atomic mass is 32.1. The van der Waals surface area contributed by atoms with E-state index in [2.05, 4.69) is 168 Å². The maximum Gasteiger partial charge on any atom is 0.0742 e. The molecule has 0 saturated carbocycles. The summed E-state index contributed by atoms with van der Waals surface area (Å²) < 4.78 is 5.17. The molecule has 9 aromatic rings. The first-order chi connectivity index (χ1) is 22.3. The van der Waals surface area contributed by atoms with E-state index in [1.807, 2.05) is 11.3 Å². The van der Waals surface area contributed by atoms with Crippen LogP contribution in [0.25, 0.3) is 58.8 Å². The van der Waals surface area contributed by atoms with Gasteiger partial charge in [-0.25, -0.2) is 0 Å². The third kappa shape index (κ3) is 3.27. The van der Waals surface area contributed by atoms with Crippen molar-refractivity contribution in [1.82, 2.24) is 4.57 Å². The number of fused-ring (bicyclic) bond motifs is 8. The molecule has 45 heavy (non-hydrogen) atoms. The fraction of sp³-hybridized carbons (Fsp3) is 0.0233. The van der Waals surface area contributed by atoms with Crippen molar-refractivity contribution < 1.29 is 0 Å². The van der Waals surface area contributed by atoms with Gasteiger partial charge in [0, 0.05) is 30.9 Å². The molecule has 1 aliphatic heterocycles. The number of hydrogen-bond donors (Lipinski definition) is 0. The predicted octanol–water partition coefficient (Wildman–Crippen LogP) is 11.5. The number of benzene rings is 7. The van der Waals surface area contributed by atoms with E-state index in [0.29, 0.717) is 0 Å². The summed E-state index contributed by atoms with van der Waals surface area (Å²) in [4.78, 5) is 0. The molecule has 3 heterocycles. The van der Waals surface area contributed by atoms with E-state index >= 15 is 0 Å². The first-order valence-electron chi connectivity index (χ1n) is 15.5. The maximum atomic E-state index is 2.50. The Bertz CT molecular complexity index is 2600. The third-order valence-electron chi connectivity index (χ3n) is 9.87. The minimum Gasteiger partial charge on any atom is -0.309 e. The number of para-hydroxylation sites is 3. The standard InChI is InChI=1S/C43H27NS/c1-2-14-29(15-3-1)43(30-16-10-13-28(27-30)31-19-11-21-35-33-18-5-9-26-40(33)45-42(31)35)36-22-6-8-25-39(36)44-38-24-7-4-17-32(38)34-20-12-23-37(43)41(34)44/h1-27H. The predicted molar refractivity (Wildman–Crippen MR) is 191 cm³/mol. The summed E-state index contributed by atoms with van der Waals surface area (Å²) in [5.41, 5.74) is 11.0. The quantitative estimate of drug-likeness (QED) is 0.193. The van der Waals surface area contributed by atoms with Gasteiger partial charge in [0.15, 0.2) is 0 Å². The van der Waals surface area contributed by atoms with Crippen LogP contribution in [0.1, 0.15) is 22.3 Å². The lowest BCUT2D eigenvalue weighted by molar-refractivity contribution is 0.728. The zero-order chi connectivity index (χ0) is 29.5. The fourth-order valence-electron chi connectivity index (χ4n) is 8.07. The first kappa shape index (κ1) is 24.9. The Morgan fingerprint density at radius 3 is 2.07 bits per heavy atom. The van der Waals surface area contributed by atoms with Crippen LogP contribution in [0.2, 0.25) is 0 Å². The molecule has 0 bridgehead atoms. The summed E-state index contributed by atoms with van der Waals surface area (Å²) in [6, 6.07) is 60.8. The molecule has 1 nitrogen and oxygen atoms in total. The van der Waals surface area contributed by atoms with Crippen molar-refractivity contribution in [3.63, 3.8) is 0 Å². The van der Waals surface area contributed by atoms with Crippen molar-refractivity contribution >= 4 is 53.3 Å². The second-order valence-electron chi connectivity index (χ2n) is 12.0. The molecule has 2 aromatic heterocycles. The zero-order valence-corrected chi connectivity index (χ0v) is 25.3. The smallest absolute Gasteiger partial charge is 0.0742 e. The second-order valence-corrected chi connectivity index (χ2v) is 13.1. The number of thiophene rings is 1. The van der Waals surface area contributed by atoms with E-state index in [1.165, 1.54) is 81.0 Å². The topological polar surface area (TPSA) is 4.93 Å². The maximum absolute atomic E-state index is 2.50. The summed E-state index contributed by atoms with van der Waals surface area (Å²) in [5, 5.41) is 5.24. The molecule has 2 heteroatoms. The molecule has 1 unspecified atom stereocenters. The lowest BCUT2D eigenvalue weighted by atomic mass is 9.63. The Morgan fingerprint density at radius 1 is 0.467 bits per heavy atom. The number of rotatable bonds is 3. The van der Waals surface area contributed by atoms with Crippen LogP contribution >= 0.6 is 11.3 Å². The van der Waals surface area contributed by atoms with Crippen LogP contribution in [0.4, 0.5) is 0 Å². The summed E-state index contributed by atoms with van der Waals surface area (Å²) >= 11 is 1.89. The van der Waals surface area contributed by atoms with E-state index in [4.69, 9.17) is 0 Å². The molecule has 210 valence electrons. The third-order valence-corrected chi connectivity index (χ3v) is 11.1. The highest BCUT2D eigenvalue weighted by Crippen LogP contribution is 2.54. The van der Waals surface area contributed by atoms with E-state index in [9.17, 15) is 0 Å². The molecular weight excluding hydrogens is 563 g/mol. The molecule has 1 atom stereocenters. The van der Waals surface area contributed by atoms with Gasteiger partial charge < -0.3 is 4.57 Å². The monoisotopic (exact) mass is 589 g/mol. The second kappa shape index (κ2) is 9.28. The molecule has 0 aliphatic carbocycles. The van der Waals surface area contributed by atoms with Gasteiger partial charge in [0.1, 0.15) is 0 Å². The molecule has 10 rings (SSSR count). The van der Waals surface area contributed by atoms with Crippen molar-refractivity contribution in [3.8, 4) is 16.8 Å². The average Bonchev–Trinajstić information content (AvgIpc) is 3.66. The van der Waals surface area contributed by atoms with Crippen molar-refractivity contribution in [2.75, 3.05) is 0 Å². The number of hydrogen-bond acceptors (Lipinski definition) is 1. The highest BCUT2D eigenvalue weighted by Gasteiger charge is 2.45. The van der Waals surface area contributed by atoms with Crippen LogP contribution in [0.3, 0.4) is 0 Å². The average molecular weight is 590 g/mol. The van der Waals surface area contributed by atoms with Gasteiger partial charge in [-0.1, -0.05) is 140 Å². The van der Waals surface area contributed by atoms with Gasteiger partial charge in [-0.2, -0.15) is 0 Å². The van der Waals surface area contributed by atoms with Crippen LogP contribution in [-0.4, -0.2) is 4.57 Å². The van der Waals surface area contributed by atoms with E-state index in [1.54, 1.807) is 0 Å². The van der Waals surface area contributed by atoms with Gasteiger partial charge in [0.05, 0.1) is 22.1 Å². The molecule has 0 radical (unpaired) electrons. The molecule has 1 aliphatic rings. The normalized spacial score (nSPS) is 15.6. The van der Waals surface area contributed by atoms with Gasteiger partial charge >= 0.3 is 0 Å². The van der Waals surface area contributed by atoms with E-state index < -0.39 is 5.41 Å². The van der Waals surface area contributed by atoms with Crippen molar-refractivity contribution in [2.24, 2.45) is 0 Å². The summed E-state index contributed by atoms with van der Waals surface area (Å²) in [6.45, 7) is 0. The summed E-state index contributed by atoms with van der Waals surface area (Å²) in [6.07, 6.45) is 0. The number of nitrogens with zero attached hydrogens (tertiary/aromatic N) is 1. The minimum atomic E-state index is -0.508. The fourth-order valence-corrected chi connectivity index (χ4v) is 9.31. The number of aromatic nitrogens is 1. The lowest BCUT2D eigenvalue weighted by Gasteiger charge is -2.42. The minimum absolute atomic E-state index is 0.508. The Labute approximate surface area is 265 Å². The van der Waals surface area contributed by atoms with Gasteiger partial charge in [-0.3, -0.25) is 0 Å². The molecule has 0 fully saturated rings. The Hall–Kier alpha value is -5.44. The van der Waals surface area contributed by atoms with Crippen LogP contribution in [0.5, 0.6) is 0 Å². The molecule has 0 N–H and O–H groups in total. The first-order valence-corrected chi connectivity index (χ1v) is 16.3. The molecule has 7 aromatic carbocycles.